The SMILES string of the molecule is C=C1C(=O)O[C@@H]2/C=C(\C)[C@H](O)C/C=C(\C)[C@H](O)[C@@H](OC(=O)/C(C)=C\C)[C@@H]12. The summed E-state index contributed by atoms with van der Waals surface area (Å²) in [6, 6.07) is 0. The van der Waals surface area contributed by atoms with Gasteiger partial charge in [0.25, 0.3) is 0 Å². The third-order valence-corrected chi connectivity index (χ3v) is 5.01. The van der Waals surface area contributed by atoms with Gasteiger partial charge in [-0.1, -0.05) is 18.7 Å². The number of ether oxygens (including phenoxy) is 2. The molecule has 0 aromatic rings. The number of aliphatic hydroxyl groups is 2. The number of rotatable bonds is 2. The molecule has 2 N–H and O–H groups in total. The van der Waals surface area contributed by atoms with Crippen molar-refractivity contribution in [1.29, 1.82) is 0 Å². The molecule has 0 amide bonds. The van der Waals surface area contributed by atoms with E-state index in [2.05, 4.69) is 6.58 Å². The average molecular weight is 362 g/mol. The quantitative estimate of drug-likeness (QED) is 0.443. The summed E-state index contributed by atoms with van der Waals surface area (Å²) in [7, 11) is 0. The molecule has 0 radical (unpaired) electrons. The van der Waals surface area contributed by atoms with Crippen molar-refractivity contribution < 1.29 is 29.3 Å². The molecule has 0 unspecified atom stereocenters. The number of carbonyl (C=O) groups is 2. The number of hydrogen-bond acceptors (Lipinski definition) is 6. The third kappa shape index (κ3) is 3.97. The summed E-state index contributed by atoms with van der Waals surface area (Å²) in [6.07, 6.45) is 1.54. The summed E-state index contributed by atoms with van der Waals surface area (Å²) in [5.41, 5.74) is 1.71. The molecule has 2 aliphatic rings. The standard InChI is InChI=1S/C20H26O6/c1-6-10(2)19(23)26-18-16-13(5)20(24)25-15(16)9-12(4)14(21)8-7-11(3)17(18)22/h6-7,9,14-18,21-22H,5,8H2,1-4H3/b10-6-,11-7+,12-9+/t14-,15-,16+,17+,18+/m1/s1. The first-order valence-electron chi connectivity index (χ1n) is 8.62. The molecule has 0 aromatic carbocycles. The molecule has 0 saturated carbocycles. The molecule has 1 fully saturated rings. The normalized spacial score (nSPS) is 37.0. The van der Waals surface area contributed by atoms with Crippen molar-refractivity contribution in [2.75, 3.05) is 0 Å². The molecular weight excluding hydrogens is 336 g/mol. The number of allylic oxidation sites excluding steroid dienone is 1. The second-order valence-electron chi connectivity index (χ2n) is 6.82. The van der Waals surface area contributed by atoms with Crippen molar-refractivity contribution in [3.8, 4) is 0 Å². The zero-order valence-corrected chi connectivity index (χ0v) is 15.6. The molecule has 0 bridgehead atoms. The summed E-state index contributed by atoms with van der Waals surface area (Å²) in [5.74, 6) is -1.92. The molecule has 1 heterocycles. The fourth-order valence-corrected chi connectivity index (χ4v) is 3.03. The lowest BCUT2D eigenvalue weighted by atomic mass is 9.83. The molecule has 5 atom stereocenters. The first-order chi connectivity index (χ1) is 12.2. The molecule has 0 aromatic heterocycles. The molecular formula is C20H26O6. The van der Waals surface area contributed by atoms with Crippen molar-refractivity contribution in [3.05, 3.63) is 47.1 Å². The Kier molecular flexibility index (Phi) is 6.21. The maximum absolute atomic E-state index is 12.3. The number of hydrogen-bond donors (Lipinski definition) is 2. The largest absolute Gasteiger partial charge is 0.455 e. The van der Waals surface area contributed by atoms with E-state index in [-0.39, 0.29) is 5.57 Å². The maximum Gasteiger partial charge on any atom is 0.334 e. The summed E-state index contributed by atoms with van der Waals surface area (Å²) in [6.45, 7) is 10.5. The van der Waals surface area contributed by atoms with E-state index in [1.807, 2.05) is 0 Å². The summed E-state index contributed by atoms with van der Waals surface area (Å²) >= 11 is 0. The van der Waals surface area contributed by atoms with Gasteiger partial charge in [0, 0.05) is 11.1 Å². The molecule has 2 rings (SSSR count). The van der Waals surface area contributed by atoms with Gasteiger partial charge in [0.05, 0.1) is 12.0 Å². The van der Waals surface area contributed by atoms with E-state index < -0.39 is 42.3 Å². The monoisotopic (exact) mass is 362 g/mol. The van der Waals surface area contributed by atoms with E-state index in [9.17, 15) is 19.8 Å². The van der Waals surface area contributed by atoms with Gasteiger partial charge in [0.1, 0.15) is 18.3 Å². The first kappa shape index (κ1) is 20.1. The van der Waals surface area contributed by atoms with E-state index in [1.54, 1.807) is 45.9 Å². The van der Waals surface area contributed by atoms with E-state index in [4.69, 9.17) is 9.47 Å². The Bertz CT molecular complexity index is 699. The van der Waals surface area contributed by atoms with Gasteiger partial charge < -0.3 is 19.7 Å². The van der Waals surface area contributed by atoms with Crippen LogP contribution < -0.4 is 0 Å². The van der Waals surface area contributed by atoms with Crippen LogP contribution in [0.5, 0.6) is 0 Å². The zero-order chi connectivity index (χ0) is 19.6. The van der Waals surface area contributed by atoms with Crippen molar-refractivity contribution in [2.24, 2.45) is 5.92 Å². The Hall–Kier alpha value is -2.18. The van der Waals surface area contributed by atoms with Gasteiger partial charge in [-0.15, -0.1) is 0 Å². The Balaban J connectivity index is 2.51. The lowest BCUT2D eigenvalue weighted by Crippen LogP contribution is -2.42. The van der Waals surface area contributed by atoms with Crippen LogP contribution >= 0.6 is 0 Å². The minimum Gasteiger partial charge on any atom is -0.455 e. The molecule has 6 nitrogen and oxygen atoms in total. The molecule has 26 heavy (non-hydrogen) atoms. The van der Waals surface area contributed by atoms with Crippen molar-refractivity contribution in [3.63, 3.8) is 0 Å². The van der Waals surface area contributed by atoms with E-state index in [0.29, 0.717) is 23.1 Å². The Morgan fingerprint density at radius 2 is 2.00 bits per heavy atom. The van der Waals surface area contributed by atoms with E-state index in [1.165, 1.54) is 0 Å². The van der Waals surface area contributed by atoms with Gasteiger partial charge >= 0.3 is 11.9 Å². The summed E-state index contributed by atoms with van der Waals surface area (Å²) in [4.78, 5) is 24.4. The minimum absolute atomic E-state index is 0.136. The van der Waals surface area contributed by atoms with Crippen molar-refractivity contribution in [2.45, 2.75) is 58.5 Å². The second-order valence-corrected chi connectivity index (χ2v) is 6.82. The van der Waals surface area contributed by atoms with Crippen LogP contribution in [0.15, 0.2) is 47.1 Å². The fraction of sp³-hybridized carbons (Fsp3) is 0.500. The predicted octanol–water partition coefficient (Wildman–Crippen LogP) is 1.98. The predicted molar refractivity (Wildman–Crippen MR) is 96.0 cm³/mol. The topological polar surface area (TPSA) is 93.1 Å². The highest BCUT2D eigenvalue weighted by atomic mass is 16.6. The van der Waals surface area contributed by atoms with Gasteiger partial charge in [-0.05, 0) is 51.3 Å². The Morgan fingerprint density at radius 1 is 1.35 bits per heavy atom. The Labute approximate surface area is 153 Å². The highest BCUT2D eigenvalue weighted by Gasteiger charge is 2.47. The first-order valence-corrected chi connectivity index (χ1v) is 8.62. The third-order valence-electron chi connectivity index (χ3n) is 5.01. The van der Waals surface area contributed by atoms with Gasteiger partial charge in [0.2, 0.25) is 0 Å². The van der Waals surface area contributed by atoms with Crippen LogP contribution in [0, 0.1) is 5.92 Å². The smallest absolute Gasteiger partial charge is 0.334 e. The van der Waals surface area contributed by atoms with Crippen LogP contribution in [0.1, 0.15) is 34.1 Å². The second kappa shape index (κ2) is 8.01. The van der Waals surface area contributed by atoms with Crippen molar-refractivity contribution in [1.82, 2.24) is 0 Å². The minimum atomic E-state index is -1.15. The van der Waals surface area contributed by atoms with Crippen LogP contribution in [0.2, 0.25) is 0 Å². The number of aliphatic hydroxyl groups excluding tert-OH is 2. The van der Waals surface area contributed by atoms with Gasteiger partial charge in [0.15, 0.2) is 0 Å². The average Bonchev–Trinajstić information content (AvgIpc) is 2.88. The lowest BCUT2D eigenvalue weighted by Gasteiger charge is -2.31. The number of carbonyl (C=O) groups excluding carboxylic acids is 2. The molecule has 142 valence electrons. The fourth-order valence-electron chi connectivity index (χ4n) is 3.03. The number of esters is 2. The Morgan fingerprint density at radius 3 is 2.62 bits per heavy atom. The van der Waals surface area contributed by atoms with Gasteiger partial charge in [-0.3, -0.25) is 0 Å². The van der Waals surface area contributed by atoms with Crippen LogP contribution in [-0.4, -0.2) is 46.6 Å². The zero-order valence-electron chi connectivity index (χ0n) is 15.6. The van der Waals surface area contributed by atoms with E-state index in [0.717, 1.165) is 0 Å². The molecule has 1 saturated heterocycles. The lowest BCUT2D eigenvalue weighted by molar-refractivity contribution is -0.153. The van der Waals surface area contributed by atoms with Crippen LogP contribution in [0.3, 0.4) is 0 Å². The molecule has 6 heteroatoms. The molecule has 1 aliphatic heterocycles. The van der Waals surface area contributed by atoms with Crippen LogP contribution in [0.25, 0.3) is 0 Å². The highest BCUT2D eigenvalue weighted by Crippen LogP contribution is 2.36. The van der Waals surface area contributed by atoms with Gasteiger partial charge in [-0.2, -0.15) is 0 Å². The highest BCUT2D eigenvalue weighted by molar-refractivity contribution is 5.92. The molecule has 0 spiro atoms. The maximum atomic E-state index is 12.3. The molecule has 1 aliphatic carbocycles. The van der Waals surface area contributed by atoms with Crippen LogP contribution in [-0.2, 0) is 19.1 Å². The van der Waals surface area contributed by atoms with Gasteiger partial charge in [-0.25, -0.2) is 9.59 Å². The summed E-state index contributed by atoms with van der Waals surface area (Å²) in [5, 5.41) is 21.0. The summed E-state index contributed by atoms with van der Waals surface area (Å²) < 4.78 is 10.9. The van der Waals surface area contributed by atoms with Crippen molar-refractivity contribution >= 4 is 11.9 Å². The van der Waals surface area contributed by atoms with E-state index >= 15 is 0 Å². The number of fused-ring (bicyclic) bond motifs is 1. The van der Waals surface area contributed by atoms with Crippen LogP contribution in [0.4, 0.5) is 0 Å².